The quantitative estimate of drug-likeness (QED) is 0.411. The van der Waals surface area contributed by atoms with Crippen molar-refractivity contribution < 1.29 is 47.7 Å². The van der Waals surface area contributed by atoms with Gasteiger partial charge in [0, 0.05) is 0 Å². The van der Waals surface area contributed by atoms with Crippen LogP contribution in [0.25, 0.3) is 12.2 Å². The van der Waals surface area contributed by atoms with Crippen molar-refractivity contribution in [3.8, 4) is 0 Å². The predicted molar refractivity (Wildman–Crippen MR) is 113 cm³/mol. The van der Waals surface area contributed by atoms with Gasteiger partial charge in [-0.2, -0.15) is 0 Å². The van der Waals surface area contributed by atoms with Crippen LogP contribution in [-0.4, -0.2) is 0 Å². The third kappa shape index (κ3) is 5.35. The van der Waals surface area contributed by atoms with E-state index in [4.69, 9.17) is 0 Å². The Balaban J connectivity index is 0.00000150. The van der Waals surface area contributed by atoms with Crippen LogP contribution in [0.4, 0.5) is 0 Å². The van der Waals surface area contributed by atoms with Crippen molar-refractivity contribution in [2.75, 3.05) is 0 Å². The number of unbranched alkanes of at least 4 members (excludes halogenated alkanes) is 2. The zero-order chi connectivity index (χ0) is 18.6. The van der Waals surface area contributed by atoms with Gasteiger partial charge in [-0.3, -0.25) is 0 Å². The van der Waals surface area contributed by atoms with E-state index in [0.29, 0.717) is 0 Å². The van der Waals surface area contributed by atoms with Gasteiger partial charge in [0.1, 0.15) is 0 Å². The largest absolute Gasteiger partial charge is 1.00 e. The number of fused-ring (bicyclic) bond motifs is 2. The van der Waals surface area contributed by atoms with E-state index in [1.165, 1.54) is 49.7 Å². The van der Waals surface area contributed by atoms with Crippen molar-refractivity contribution in [3.63, 3.8) is 0 Å². The summed E-state index contributed by atoms with van der Waals surface area (Å²) in [6.07, 6.45) is 12.9. The molecule has 0 amide bonds. The smallest absolute Gasteiger partial charge is 1.00 e. The van der Waals surface area contributed by atoms with E-state index in [9.17, 15) is 0 Å². The molecule has 29 heavy (non-hydrogen) atoms. The molecule has 0 saturated carbocycles. The predicted octanol–water partition coefficient (Wildman–Crippen LogP) is 1.73. The van der Waals surface area contributed by atoms with Gasteiger partial charge in [0.15, 0.2) is 0 Å². The number of rotatable bonds is 8. The number of hydrogen-bond donors (Lipinski definition) is 0. The molecule has 2 aliphatic carbocycles. The number of hydrogen-bond acceptors (Lipinski definition) is 0. The second kappa shape index (κ2) is 11.7. The van der Waals surface area contributed by atoms with Crippen LogP contribution in [0.1, 0.15) is 82.0 Å². The van der Waals surface area contributed by atoms with Crippen LogP contribution in [-0.2, 0) is 22.9 Å². The molecular weight excluding hydrogens is 562 g/mol. The molecule has 2 atom stereocenters. The number of allylic oxidation sites excluding steroid dienone is 2. The Labute approximate surface area is 200 Å². The molecule has 2 unspecified atom stereocenters. The molecule has 152 valence electrons. The van der Waals surface area contributed by atoms with E-state index in [0.717, 1.165) is 7.35 Å². The molecule has 2 aliphatic rings. The maximum absolute atomic E-state index is 2.54. The van der Waals surface area contributed by atoms with Crippen LogP contribution in [0.3, 0.4) is 0 Å². The standard InChI is InChI=1S/2C13H15.2ClH.Hf/c2*1-2-3-6-11-9-12-7-4-5-8-13(12)10-11;;;/h2*4-5,7-10H,2-3,6H2,1H3;2*1H;/q;;;;+2/p-2. The van der Waals surface area contributed by atoms with E-state index >= 15 is 0 Å². The minimum absolute atomic E-state index is 0. The SMILES string of the molecule is CCCCC1=Cc2ccccc2[CH]1[Hf+2][CH]1C(CCCC)=Cc2ccccc21.[Cl-].[Cl-]. The van der Waals surface area contributed by atoms with Crippen LogP contribution in [0.15, 0.2) is 59.7 Å². The monoisotopic (exact) mass is 592 g/mol. The molecule has 2 aromatic rings. The summed E-state index contributed by atoms with van der Waals surface area (Å²) in [4.78, 5) is 0. The molecule has 0 radical (unpaired) electrons. The second-order valence-corrected chi connectivity index (χ2v) is 13.3. The minimum Gasteiger partial charge on any atom is -1.00 e. The van der Waals surface area contributed by atoms with Crippen LogP contribution in [0.5, 0.6) is 0 Å². The molecule has 0 fully saturated rings. The van der Waals surface area contributed by atoms with Gasteiger partial charge in [-0.25, -0.2) is 0 Å². The zero-order valence-electron chi connectivity index (χ0n) is 17.4. The maximum Gasteiger partial charge on any atom is -1.00 e. The Bertz CT molecular complexity index is 797. The average molecular weight is 592 g/mol. The van der Waals surface area contributed by atoms with Crippen molar-refractivity contribution in [1.82, 2.24) is 0 Å². The van der Waals surface area contributed by atoms with Crippen molar-refractivity contribution in [1.29, 1.82) is 0 Å². The Morgan fingerprint density at radius 3 is 1.48 bits per heavy atom. The van der Waals surface area contributed by atoms with Gasteiger partial charge in [0.2, 0.25) is 0 Å². The fourth-order valence-electron chi connectivity index (χ4n) is 4.53. The van der Waals surface area contributed by atoms with Gasteiger partial charge < -0.3 is 24.8 Å². The van der Waals surface area contributed by atoms with Gasteiger partial charge in [-0.05, 0) is 0 Å². The molecule has 0 heterocycles. The Morgan fingerprint density at radius 2 is 1.07 bits per heavy atom. The molecule has 0 nitrogen and oxygen atoms in total. The van der Waals surface area contributed by atoms with E-state index in [2.05, 4.69) is 74.5 Å². The summed E-state index contributed by atoms with van der Waals surface area (Å²) >= 11 is -0.971. The molecule has 4 rings (SSSR count). The molecule has 2 aromatic carbocycles. The minimum atomic E-state index is -0.971. The first-order valence-corrected chi connectivity index (χ1v) is 14.8. The van der Waals surface area contributed by atoms with Crippen LogP contribution in [0, 0.1) is 0 Å². The van der Waals surface area contributed by atoms with Crippen LogP contribution in [0.2, 0.25) is 0 Å². The summed E-state index contributed by atoms with van der Waals surface area (Å²) in [6.45, 7) is 4.64. The molecule has 0 saturated heterocycles. The summed E-state index contributed by atoms with van der Waals surface area (Å²) in [6, 6.07) is 18.4. The molecule has 0 aliphatic heterocycles. The second-order valence-electron chi connectivity index (χ2n) is 7.94. The molecule has 3 heteroatoms. The number of halogens is 2. The van der Waals surface area contributed by atoms with E-state index in [1.807, 2.05) is 0 Å². The van der Waals surface area contributed by atoms with E-state index in [-0.39, 0.29) is 24.8 Å². The summed E-state index contributed by atoms with van der Waals surface area (Å²) in [5, 5.41) is 0. The molecule has 0 N–H and O–H groups in total. The van der Waals surface area contributed by atoms with Gasteiger partial charge >= 0.3 is 177 Å². The maximum atomic E-state index is 2.54. The van der Waals surface area contributed by atoms with Crippen molar-refractivity contribution in [2.24, 2.45) is 0 Å². The Morgan fingerprint density at radius 1 is 0.655 bits per heavy atom. The van der Waals surface area contributed by atoms with E-state index in [1.54, 1.807) is 22.3 Å². The zero-order valence-corrected chi connectivity index (χ0v) is 22.5. The molecule has 0 aromatic heterocycles. The normalized spacial score (nSPS) is 18.6. The third-order valence-corrected chi connectivity index (χ3v) is 13.3. The van der Waals surface area contributed by atoms with Crippen molar-refractivity contribution in [2.45, 2.75) is 59.7 Å². The fraction of sp³-hybridized carbons (Fsp3) is 0.385. The Hall–Kier alpha value is -0.630. The Kier molecular flexibility index (Phi) is 9.92. The van der Waals surface area contributed by atoms with Gasteiger partial charge in [-0.15, -0.1) is 0 Å². The first-order chi connectivity index (χ1) is 13.3. The van der Waals surface area contributed by atoms with Crippen molar-refractivity contribution in [3.05, 3.63) is 81.9 Å². The summed E-state index contributed by atoms with van der Waals surface area (Å²) in [5.41, 5.74) is 9.80. The molecular formula is C26H30Cl2Hf. The summed E-state index contributed by atoms with van der Waals surface area (Å²) < 4.78 is 1.57. The van der Waals surface area contributed by atoms with Gasteiger partial charge in [0.25, 0.3) is 0 Å². The van der Waals surface area contributed by atoms with E-state index < -0.39 is 22.9 Å². The first-order valence-electron chi connectivity index (χ1n) is 10.7. The molecule has 0 spiro atoms. The summed E-state index contributed by atoms with van der Waals surface area (Å²) in [5.74, 6) is 0. The van der Waals surface area contributed by atoms with Crippen molar-refractivity contribution >= 4 is 12.2 Å². The third-order valence-electron chi connectivity index (χ3n) is 6.01. The van der Waals surface area contributed by atoms with Gasteiger partial charge in [0.05, 0.1) is 0 Å². The average Bonchev–Trinajstić information content (AvgIpc) is 3.23. The van der Waals surface area contributed by atoms with Gasteiger partial charge in [-0.1, -0.05) is 0 Å². The summed E-state index contributed by atoms with van der Waals surface area (Å²) in [7, 11) is 0. The first kappa shape index (κ1) is 24.6. The van der Waals surface area contributed by atoms with Crippen LogP contribution >= 0.6 is 0 Å². The molecule has 0 bridgehead atoms. The fourth-order valence-corrected chi connectivity index (χ4v) is 12.1. The topological polar surface area (TPSA) is 0 Å². The van der Waals surface area contributed by atoms with Crippen LogP contribution < -0.4 is 24.8 Å². The number of benzene rings is 2.